The van der Waals surface area contributed by atoms with E-state index in [1.165, 1.54) is 0 Å². The second-order valence-electron chi connectivity index (χ2n) is 8.45. The van der Waals surface area contributed by atoms with Crippen LogP contribution in [0.1, 0.15) is 16.2 Å². The number of benzene rings is 3. The van der Waals surface area contributed by atoms with Crippen molar-refractivity contribution in [2.75, 3.05) is 24.3 Å². The number of fused-ring (bicyclic) bond motifs is 2. The van der Waals surface area contributed by atoms with E-state index in [1.54, 1.807) is 6.07 Å². The molecule has 180 valence electrons. The summed E-state index contributed by atoms with van der Waals surface area (Å²) in [6.07, 6.45) is 0. The largest absolute Gasteiger partial charge is 0.487 e. The van der Waals surface area contributed by atoms with E-state index in [0.717, 1.165) is 27.7 Å². The van der Waals surface area contributed by atoms with Gasteiger partial charge in [0.15, 0.2) is 10.9 Å². The van der Waals surface area contributed by atoms with Crippen molar-refractivity contribution < 1.29 is 13.9 Å². The number of nitrogens with one attached hydrogen (secondary N) is 2. The van der Waals surface area contributed by atoms with E-state index in [-0.39, 0.29) is 10.9 Å². The summed E-state index contributed by atoms with van der Waals surface area (Å²) in [5, 5.41) is 7.77. The van der Waals surface area contributed by atoms with Crippen molar-refractivity contribution >= 4 is 56.5 Å². The minimum Gasteiger partial charge on any atom is -0.487 e. The molecule has 0 radical (unpaired) electrons. The van der Waals surface area contributed by atoms with E-state index in [0.29, 0.717) is 23.6 Å². The molecule has 0 fully saturated rings. The maximum atomic E-state index is 12.7. The lowest BCUT2D eigenvalue weighted by molar-refractivity contribution is 0.0953. The zero-order valence-electron chi connectivity index (χ0n) is 19.8. The van der Waals surface area contributed by atoms with Crippen LogP contribution in [0, 0.1) is 0 Å². The molecule has 2 N–H and O–H groups in total. The Morgan fingerprint density at radius 2 is 1.83 bits per heavy atom. The molecule has 3 aromatic carbocycles. The van der Waals surface area contributed by atoms with Gasteiger partial charge in [-0.25, -0.2) is 4.98 Å². The Morgan fingerprint density at radius 3 is 2.69 bits per heavy atom. The van der Waals surface area contributed by atoms with Crippen LogP contribution in [-0.2, 0) is 6.61 Å². The number of carbonyl (C=O) groups is 1. The predicted octanol–water partition coefficient (Wildman–Crippen LogP) is 5.75. The number of furan rings is 1. The topological polar surface area (TPSA) is 79.6 Å². The Bertz CT molecular complexity index is 1580. The monoisotopic (exact) mass is 496 g/mol. The van der Waals surface area contributed by atoms with Crippen molar-refractivity contribution in [1.82, 2.24) is 10.3 Å². The number of hydrogen-bond acceptors (Lipinski definition) is 6. The Kier molecular flexibility index (Phi) is 6.51. The quantitative estimate of drug-likeness (QED) is 0.290. The van der Waals surface area contributed by atoms with E-state index in [2.05, 4.69) is 15.6 Å². The molecule has 0 aliphatic carbocycles. The van der Waals surface area contributed by atoms with Gasteiger partial charge < -0.3 is 19.4 Å². The van der Waals surface area contributed by atoms with Crippen molar-refractivity contribution in [3.05, 3.63) is 96.4 Å². The molecule has 0 unspecified atom stereocenters. The summed E-state index contributed by atoms with van der Waals surface area (Å²) in [5.41, 5.74) is 4.10. The summed E-state index contributed by atoms with van der Waals surface area (Å²) in [7, 11) is 3.92. The van der Waals surface area contributed by atoms with E-state index in [9.17, 15) is 4.79 Å². The van der Waals surface area contributed by atoms with Gasteiger partial charge in [-0.2, -0.15) is 0 Å². The minimum absolute atomic E-state index is 0.155. The van der Waals surface area contributed by atoms with E-state index >= 15 is 0 Å². The lowest BCUT2D eigenvalue weighted by atomic mass is 10.2. The Balaban J connectivity index is 1.20. The molecule has 0 atom stereocenters. The van der Waals surface area contributed by atoms with Crippen molar-refractivity contribution in [3.8, 4) is 5.75 Å². The van der Waals surface area contributed by atoms with E-state index < -0.39 is 5.91 Å². The van der Waals surface area contributed by atoms with Crippen LogP contribution in [0.3, 0.4) is 0 Å². The smallest absolute Gasteiger partial charge is 0.293 e. The van der Waals surface area contributed by atoms with Gasteiger partial charge in [0.1, 0.15) is 17.9 Å². The third-order valence-corrected chi connectivity index (χ3v) is 5.81. The van der Waals surface area contributed by atoms with Crippen molar-refractivity contribution in [2.45, 2.75) is 6.61 Å². The molecule has 0 aliphatic rings. The van der Waals surface area contributed by atoms with Gasteiger partial charge >= 0.3 is 0 Å². The SMILES string of the molecule is CN(C)c1ccc2oc(C(=O)NC(=S)Nc3cccc(OCc4ccc5ccccc5n4)c3)cc2c1. The molecule has 0 saturated carbocycles. The van der Waals surface area contributed by atoms with Gasteiger partial charge in [0.25, 0.3) is 5.91 Å². The number of amides is 1. The summed E-state index contributed by atoms with van der Waals surface area (Å²) in [6, 6.07) is 26.7. The highest BCUT2D eigenvalue weighted by Gasteiger charge is 2.14. The van der Waals surface area contributed by atoms with Crippen LogP contribution < -0.4 is 20.3 Å². The maximum absolute atomic E-state index is 12.7. The molecule has 2 heterocycles. The van der Waals surface area contributed by atoms with Crippen LogP contribution in [0.25, 0.3) is 21.9 Å². The Hall–Kier alpha value is -4.43. The van der Waals surface area contributed by atoms with Crippen LogP contribution in [0.5, 0.6) is 5.75 Å². The average Bonchev–Trinajstić information content (AvgIpc) is 3.31. The standard InChI is InChI=1S/C28H24N4O3S/c1-32(2)22-12-13-25-19(14-22)15-26(35-25)27(33)31-28(36)30-20-7-5-8-23(16-20)34-17-21-11-10-18-6-3-4-9-24(18)29-21/h3-16H,17H2,1-2H3,(H2,30,31,33,36). The number of rotatable bonds is 6. The lowest BCUT2D eigenvalue weighted by Gasteiger charge is -2.11. The molecule has 0 saturated heterocycles. The van der Waals surface area contributed by atoms with Gasteiger partial charge in [-0.15, -0.1) is 0 Å². The zero-order chi connectivity index (χ0) is 25.1. The first-order valence-electron chi connectivity index (χ1n) is 11.4. The van der Waals surface area contributed by atoms with Gasteiger partial charge in [0.05, 0.1) is 11.2 Å². The number of hydrogen-bond donors (Lipinski definition) is 2. The normalized spacial score (nSPS) is 10.8. The fourth-order valence-corrected chi connectivity index (χ4v) is 3.97. The van der Waals surface area contributed by atoms with Crippen LogP contribution in [0.2, 0.25) is 0 Å². The molecule has 8 heteroatoms. The fourth-order valence-electron chi connectivity index (χ4n) is 3.76. The van der Waals surface area contributed by atoms with Crippen molar-refractivity contribution in [2.24, 2.45) is 0 Å². The molecule has 36 heavy (non-hydrogen) atoms. The van der Waals surface area contributed by atoms with Crippen molar-refractivity contribution in [1.29, 1.82) is 0 Å². The van der Waals surface area contributed by atoms with Crippen molar-refractivity contribution in [3.63, 3.8) is 0 Å². The third-order valence-electron chi connectivity index (χ3n) is 5.60. The number of aromatic nitrogens is 1. The molecular formula is C28H24N4O3S. The summed E-state index contributed by atoms with van der Waals surface area (Å²) in [4.78, 5) is 19.3. The van der Waals surface area contributed by atoms with Crippen LogP contribution >= 0.6 is 12.2 Å². The average molecular weight is 497 g/mol. The van der Waals surface area contributed by atoms with E-state index in [4.69, 9.17) is 21.4 Å². The number of pyridine rings is 1. The second kappa shape index (κ2) is 10.1. The first kappa shape index (κ1) is 23.3. The molecule has 5 aromatic rings. The highest BCUT2D eigenvalue weighted by atomic mass is 32.1. The lowest BCUT2D eigenvalue weighted by Crippen LogP contribution is -2.33. The maximum Gasteiger partial charge on any atom is 0.293 e. The van der Waals surface area contributed by atoms with Gasteiger partial charge in [0.2, 0.25) is 0 Å². The predicted molar refractivity (Wildman–Crippen MR) is 147 cm³/mol. The van der Waals surface area contributed by atoms with Crippen LogP contribution in [0.15, 0.2) is 89.3 Å². The highest BCUT2D eigenvalue weighted by molar-refractivity contribution is 7.80. The number of para-hydroxylation sites is 1. The van der Waals surface area contributed by atoms with Crippen LogP contribution in [-0.4, -0.2) is 30.1 Å². The summed E-state index contributed by atoms with van der Waals surface area (Å²) >= 11 is 5.34. The first-order chi connectivity index (χ1) is 17.4. The summed E-state index contributed by atoms with van der Waals surface area (Å²) in [6.45, 7) is 0.330. The minimum atomic E-state index is -0.426. The molecule has 0 bridgehead atoms. The van der Waals surface area contributed by atoms with Crippen LogP contribution in [0.4, 0.5) is 11.4 Å². The molecule has 7 nitrogen and oxygen atoms in total. The number of thiocarbonyl (C=S) groups is 1. The third kappa shape index (κ3) is 5.29. The summed E-state index contributed by atoms with van der Waals surface area (Å²) < 4.78 is 11.6. The molecular weight excluding hydrogens is 472 g/mol. The first-order valence-corrected chi connectivity index (χ1v) is 11.8. The second-order valence-corrected chi connectivity index (χ2v) is 8.86. The van der Waals surface area contributed by atoms with Gasteiger partial charge in [0, 0.05) is 42.3 Å². The number of ether oxygens (including phenoxy) is 1. The Labute approximate surface area is 213 Å². The highest BCUT2D eigenvalue weighted by Crippen LogP contribution is 2.24. The molecule has 5 rings (SSSR count). The van der Waals surface area contributed by atoms with E-state index in [1.807, 2.05) is 97.9 Å². The zero-order valence-corrected chi connectivity index (χ0v) is 20.6. The fraction of sp³-hybridized carbons (Fsp3) is 0.107. The number of carbonyl (C=O) groups excluding carboxylic acids is 1. The molecule has 1 amide bonds. The molecule has 0 aliphatic heterocycles. The molecule has 2 aromatic heterocycles. The summed E-state index contributed by atoms with van der Waals surface area (Å²) in [5.74, 6) is 0.410. The van der Waals surface area contributed by atoms with Gasteiger partial charge in [-0.3, -0.25) is 10.1 Å². The van der Waals surface area contributed by atoms with Gasteiger partial charge in [-0.05, 0) is 60.7 Å². The molecule has 0 spiro atoms. The number of anilines is 2. The Morgan fingerprint density at radius 1 is 0.972 bits per heavy atom. The van der Waals surface area contributed by atoms with Gasteiger partial charge in [-0.1, -0.05) is 30.3 Å². The number of nitrogens with zero attached hydrogens (tertiary/aromatic N) is 2.